The summed E-state index contributed by atoms with van der Waals surface area (Å²) in [5.41, 5.74) is 0.0232. The predicted molar refractivity (Wildman–Crippen MR) is 120 cm³/mol. The molecule has 2 aromatic rings. The first kappa shape index (κ1) is 22.7. The van der Waals surface area contributed by atoms with E-state index in [0.717, 1.165) is 12.8 Å². The molecular weight excluding hydrogens is 392 g/mol. The van der Waals surface area contributed by atoms with E-state index < -0.39 is 5.60 Å². The summed E-state index contributed by atoms with van der Waals surface area (Å²) in [5, 5.41) is 0. The zero-order valence-electron chi connectivity index (χ0n) is 18.8. The number of carbonyl (C=O) groups excluding carboxylic acids is 2. The van der Waals surface area contributed by atoms with Crippen LogP contribution in [0.1, 0.15) is 44.0 Å². The fourth-order valence-corrected chi connectivity index (χ4v) is 3.72. The third kappa shape index (κ3) is 6.48. The van der Waals surface area contributed by atoms with Crippen LogP contribution in [0.25, 0.3) is 0 Å². The third-order valence-electron chi connectivity index (χ3n) is 5.13. The largest absolute Gasteiger partial charge is 0.457 e. The molecule has 166 valence electrons. The molecular formula is C25H32N2O4. The van der Waals surface area contributed by atoms with Crippen LogP contribution in [0.5, 0.6) is 11.5 Å². The highest BCUT2D eigenvalue weighted by molar-refractivity contribution is 5.97. The van der Waals surface area contributed by atoms with E-state index in [1.54, 1.807) is 18.0 Å². The van der Waals surface area contributed by atoms with E-state index in [1.165, 1.54) is 0 Å². The number of rotatable bonds is 5. The van der Waals surface area contributed by atoms with Crippen LogP contribution in [-0.2, 0) is 4.74 Å². The molecule has 0 radical (unpaired) electrons. The number of ether oxygens (including phenoxy) is 2. The van der Waals surface area contributed by atoms with Crippen LogP contribution in [0.4, 0.5) is 4.79 Å². The molecule has 1 atom stereocenters. The molecule has 1 saturated heterocycles. The average molecular weight is 425 g/mol. The monoisotopic (exact) mass is 424 g/mol. The van der Waals surface area contributed by atoms with Crippen LogP contribution in [0.15, 0.2) is 54.6 Å². The van der Waals surface area contributed by atoms with Gasteiger partial charge in [-0.2, -0.15) is 0 Å². The van der Waals surface area contributed by atoms with Crippen molar-refractivity contribution in [3.8, 4) is 11.5 Å². The fraction of sp³-hybridized carbons (Fsp3) is 0.440. The lowest BCUT2D eigenvalue weighted by Crippen LogP contribution is -2.45. The molecule has 0 aromatic heterocycles. The summed E-state index contributed by atoms with van der Waals surface area (Å²) in [6.07, 6.45) is 1.54. The second-order valence-corrected chi connectivity index (χ2v) is 9.03. The summed E-state index contributed by atoms with van der Waals surface area (Å²) in [5.74, 6) is 1.40. The van der Waals surface area contributed by atoms with Crippen LogP contribution >= 0.6 is 0 Å². The number of hydrogen-bond donors (Lipinski definition) is 0. The van der Waals surface area contributed by atoms with Crippen molar-refractivity contribution in [1.82, 2.24) is 9.80 Å². The summed E-state index contributed by atoms with van der Waals surface area (Å²) in [6.45, 7) is 7.43. The molecule has 1 aliphatic rings. The second-order valence-electron chi connectivity index (χ2n) is 9.03. The van der Waals surface area contributed by atoms with Crippen molar-refractivity contribution in [2.45, 2.75) is 39.2 Å². The maximum atomic E-state index is 13.3. The van der Waals surface area contributed by atoms with Gasteiger partial charge in [-0.25, -0.2) is 4.79 Å². The molecule has 0 spiro atoms. The Kier molecular flexibility index (Phi) is 7.21. The molecule has 0 bridgehead atoms. The van der Waals surface area contributed by atoms with Gasteiger partial charge in [0, 0.05) is 26.7 Å². The molecule has 1 heterocycles. The smallest absolute Gasteiger partial charge is 0.410 e. The highest BCUT2D eigenvalue weighted by Crippen LogP contribution is 2.28. The first-order valence-corrected chi connectivity index (χ1v) is 10.8. The minimum absolute atomic E-state index is 0.0452. The Balaban J connectivity index is 1.65. The lowest BCUT2D eigenvalue weighted by Gasteiger charge is -2.35. The van der Waals surface area contributed by atoms with E-state index in [0.29, 0.717) is 36.7 Å². The van der Waals surface area contributed by atoms with Gasteiger partial charge in [-0.3, -0.25) is 4.79 Å². The molecule has 31 heavy (non-hydrogen) atoms. The van der Waals surface area contributed by atoms with Crippen LogP contribution in [0.2, 0.25) is 0 Å². The Bertz CT molecular complexity index is 892. The maximum Gasteiger partial charge on any atom is 0.410 e. The second kappa shape index (κ2) is 9.86. The molecule has 0 saturated carbocycles. The predicted octanol–water partition coefficient (Wildman–Crippen LogP) is 5.20. The van der Waals surface area contributed by atoms with Crippen molar-refractivity contribution in [3.63, 3.8) is 0 Å². The zero-order chi connectivity index (χ0) is 22.4. The van der Waals surface area contributed by atoms with Crippen molar-refractivity contribution >= 4 is 12.0 Å². The molecule has 6 heteroatoms. The number of piperidine rings is 1. The summed E-state index contributed by atoms with van der Waals surface area (Å²) < 4.78 is 11.4. The van der Waals surface area contributed by atoms with Gasteiger partial charge in [0.2, 0.25) is 0 Å². The number of benzene rings is 2. The average Bonchev–Trinajstić information content (AvgIpc) is 2.73. The Morgan fingerprint density at radius 2 is 1.74 bits per heavy atom. The van der Waals surface area contributed by atoms with Crippen LogP contribution < -0.4 is 4.74 Å². The molecule has 1 unspecified atom stereocenters. The lowest BCUT2D eigenvalue weighted by molar-refractivity contribution is 0.0244. The van der Waals surface area contributed by atoms with E-state index in [-0.39, 0.29) is 17.9 Å². The van der Waals surface area contributed by atoms with Gasteiger partial charge in [-0.1, -0.05) is 30.3 Å². The van der Waals surface area contributed by atoms with E-state index in [2.05, 4.69) is 0 Å². The highest BCUT2D eigenvalue weighted by atomic mass is 16.6. The van der Waals surface area contributed by atoms with Gasteiger partial charge in [0.05, 0.1) is 5.56 Å². The molecule has 6 nitrogen and oxygen atoms in total. The van der Waals surface area contributed by atoms with Gasteiger partial charge in [0.15, 0.2) is 0 Å². The van der Waals surface area contributed by atoms with Gasteiger partial charge < -0.3 is 19.3 Å². The number of carbonyl (C=O) groups is 2. The van der Waals surface area contributed by atoms with Crippen molar-refractivity contribution in [1.29, 1.82) is 0 Å². The van der Waals surface area contributed by atoms with Gasteiger partial charge in [-0.05, 0) is 63.8 Å². The van der Waals surface area contributed by atoms with E-state index in [4.69, 9.17) is 9.47 Å². The number of para-hydroxylation sites is 2. The third-order valence-corrected chi connectivity index (χ3v) is 5.13. The molecule has 2 aromatic carbocycles. The van der Waals surface area contributed by atoms with Gasteiger partial charge in [0.1, 0.15) is 17.1 Å². The Hall–Kier alpha value is -3.02. The maximum absolute atomic E-state index is 13.3. The topological polar surface area (TPSA) is 59.1 Å². The summed E-state index contributed by atoms with van der Waals surface area (Å²) in [4.78, 5) is 29.1. The number of nitrogens with zero attached hydrogens (tertiary/aromatic N) is 2. The van der Waals surface area contributed by atoms with E-state index >= 15 is 0 Å². The van der Waals surface area contributed by atoms with E-state index in [1.807, 2.05) is 74.2 Å². The zero-order valence-corrected chi connectivity index (χ0v) is 18.8. The number of amides is 2. The fourth-order valence-electron chi connectivity index (χ4n) is 3.72. The molecule has 1 aliphatic heterocycles. The normalized spacial score (nSPS) is 16.5. The van der Waals surface area contributed by atoms with E-state index in [9.17, 15) is 9.59 Å². The molecule has 2 amide bonds. The summed E-state index contributed by atoms with van der Waals surface area (Å²) in [7, 11) is 1.75. The number of hydrogen-bond acceptors (Lipinski definition) is 4. The minimum atomic E-state index is -0.525. The molecule has 0 N–H and O–H groups in total. The molecule has 0 aliphatic carbocycles. The van der Waals surface area contributed by atoms with Crippen LogP contribution in [0, 0.1) is 5.92 Å². The lowest BCUT2D eigenvalue weighted by atomic mass is 9.97. The highest BCUT2D eigenvalue weighted by Gasteiger charge is 2.29. The molecule has 1 fully saturated rings. The van der Waals surface area contributed by atoms with Crippen LogP contribution in [-0.4, -0.2) is 54.1 Å². The summed E-state index contributed by atoms with van der Waals surface area (Å²) in [6, 6.07) is 16.8. The standard InChI is InChI=1S/C25H32N2O4/c1-25(2,3)31-24(29)26(4)17-19-11-10-16-27(18-19)23(28)21-14-8-9-15-22(21)30-20-12-6-5-7-13-20/h5-9,12-15,19H,10-11,16-18H2,1-4H3. The summed E-state index contributed by atoms with van der Waals surface area (Å²) >= 11 is 0. The Morgan fingerprint density at radius 1 is 1.06 bits per heavy atom. The van der Waals surface area contributed by atoms with Crippen molar-refractivity contribution in [3.05, 3.63) is 60.2 Å². The van der Waals surface area contributed by atoms with Gasteiger partial charge >= 0.3 is 6.09 Å². The minimum Gasteiger partial charge on any atom is -0.457 e. The first-order chi connectivity index (χ1) is 14.7. The Morgan fingerprint density at radius 3 is 2.45 bits per heavy atom. The van der Waals surface area contributed by atoms with Gasteiger partial charge in [0.25, 0.3) is 5.91 Å². The van der Waals surface area contributed by atoms with Crippen molar-refractivity contribution < 1.29 is 19.1 Å². The van der Waals surface area contributed by atoms with Crippen molar-refractivity contribution in [2.24, 2.45) is 5.92 Å². The molecule has 3 rings (SSSR count). The Labute approximate surface area is 184 Å². The first-order valence-electron chi connectivity index (χ1n) is 10.8. The quantitative estimate of drug-likeness (QED) is 0.662. The van der Waals surface area contributed by atoms with Crippen molar-refractivity contribution in [2.75, 3.05) is 26.7 Å². The number of likely N-dealkylation sites (tertiary alicyclic amines) is 1. The van der Waals surface area contributed by atoms with Gasteiger partial charge in [-0.15, -0.1) is 0 Å². The SMILES string of the molecule is CN(CC1CCCN(C(=O)c2ccccc2Oc2ccccc2)C1)C(=O)OC(C)(C)C. The van der Waals surface area contributed by atoms with Crippen LogP contribution in [0.3, 0.4) is 0 Å².